The zero-order valence-corrected chi connectivity index (χ0v) is 12.3. The topological polar surface area (TPSA) is 47.7 Å². The number of ether oxygens (including phenoxy) is 2. The van der Waals surface area contributed by atoms with Crippen LogP contribution in [-0.4, -0.2) is 33.4 Å². The molecule has 1 saturated heterocycles. The number of anilines is 1. The summed E-state index contributed by atoms with van der Waals surface area (Å²) in [7, 11) is 3.31. The summed E-state index contributed by atoms with van der Waals surface area (Å²) in [6.45, 7) is 6.38. The fourth-order valence-corrected chi connectivity index (χ4v) is 2.44. The van der Waals surface area contributed by atoms with Crippen molar-refractivity contribution in [1.82, 2.24) is 0 Å². The first-order valence-corrected chi connectivity index (χ1v) is 6.70. The number of nitrogens with two attached hydrogens (primary N) is 1. The van der Waals surface area contributed by atoms with E-state index in [1.54, 1.807) is 14.2 Å². The van der Waals surface area contributed by atoms with Crippen molar-refractivity contribution in [3.8, 4) is 11.5 Å². The fourth-order valence-electron chi connectivity index (χ4n) is 2.44. The van der Waals surface area contributed by atoms with Crippen molar-refractivity contribution in [1.29, 1.82) is 0 Å². The average Bonchev–Trinajstić information content (AvgIpc) is 2.41. The van der Waals surface area contributed by atoms with E-state index in [1.165, 1.54) is 0 Å². The van der Waals surface area contributed by atoms with Gasteiger partial charge in [0.25, 0.3) is 0 Å². The molecular formula is C15H24N2O2. The number of piperidine rings is 1. The van der Waals surface area contributed by atoms with Crippen LogP contribution in [0.15, 0.2) is 18.2 Å². The van der Waals surface area contributed by atoms with Gasteiger partial charge in [0.15, 0.2) is 11.5 Å². The van der Waals surface area contributed by atoms with E-state index in [9.17, 15) is 0 Å². The molecule has 0 saturated carbocycles. The molecule has 2 N–H and O–H groups in total. The minimum Gasteiger partial charge on any atom is -0.493 e. The van der Waals surface area contributed by atoms with Crippen molar-refractivity contribution in [2.45, 2.75) is 26.3 Å². The smallest absolute Gasteiger partial charge is 0.162 e. The summed E-state index contributed by atoms with van der Waals surface area (Å²) in [6.07, 6.45) is 1.10. The molecule has 1 heterocycles. The molecule has 4 nitrogen and oxygen atoms in total. The Morgan fingerprint density at radius 1 is 1.21 bits per heavy atom. The first-order valence-electron chi connectivity index (χ1n) is 6.70. The zero-order valence-electron chi connectivity index (χ0n) is 12.3. The number of benzene rings is 1. The summed E-state index contributed by atoms with van der Waals surface area (Å²) >= 11 is 0. The number of nitrogens with zero attached hydrogens (tertiary/aromatic N) is 1. The molecule has 1 atom stereocenters. The summed E-state index contributed by atoms with van der Waals surface area (Å²) < 4.78 is 10.6. The zero-order chi connectivity index (χ0) is 14.0. The molecule has 1 aromatic rings. The van der Waals surface area contributed by atoms with Gasteiger partial charge in [-0.15, -0.1) is 0 Å². The highest BCUT2D eigenvalue weighted by atomic mass is 16.5. The van der Waals surface area contributed by atoms with E-state index in [0.29, 0.717) is 0 Å². The van der Waals surface area contributed by atoms with Crippen LogP contribution < -0.4 is 20.1 Å². The van der Waals surface area contributed by atoms with Crippen LogP contribution >= 0.6 is 0 Å². The molecule has 2 rings (SSSR count). The Hall–Kier alpha value is -1.42. The van der Waals surface area contributed by atoms with Gasteiger partial charge in [0, 0.05) is 30.9 Å². The Morgan fingerprint density at radius 2 is 1.89 bits per heavy atom. The quantitative estimate of drug-likeness (QED) is 0.910. The summed E-state index contributed by atoms with van der Waals surface area (Å²) in [5, 5.41) is 0. The Balaban J connectivity index is 2.19. The molecule has 19 heavy (non-hydrogen) atoms. The van der Waals surface area contributed by atoms with Crippen molar-refractivity contribution >= 4 is 5.69 Å². The van der Waals surface area contributed by atoms with E-state index in [1.807, 2.05) is 12.1 Å². The van der Waals surface area contributed by atoms with Crippen LogP contribution in [0, 0.1) is 5.41 Å². The molecule has 0 amide bonds. The Bertz CT molecular complexity index is 446. The Morgan fingerprint density at radius 3 is 2.47 bits per heavy atom. The number of hydrogen-bond donors (Lipinski definition) is 1. The first-order chi connectivity index (χ1) is 8.97. The first kappa shape index (κ1) is 14.0. The summed E-state index contributed by atoms with van der Waals surface area (Å²) in [5.74, 6) is 1.52. The largest absolute Gasteiger partial charge is 0.493 e. The second-order valence-electron chi connectivity index (χ2n) is 5.83. The maximum Gasteiger partial charge on any atom is 0.162 e. The van der Waals surface area contributed by atoms with E-state index in [2.05, 4.69) is 24.8 Å². The molecule has 1 unspecified atom stereocenters. The molecule has 4 heteroatoms. The lowest BCUT2D eigenvalue weighted by Gasteiger charge is -2.43. The van der Waals surface area contributed by atoms with E-state index < -0.39 is 0 Å². The molecule has 0 radical (unpaired) electrons. The van der Waals surface area contributed by atoms with Gasteiger partial charge in [0.1, 0.15) is 0 Å². The van der Waals surface area contributed by atoms with Crippen LogP contribution in [0.2, 0.25) is 0 Å². The van der Waals surface area contributed by atoms with Gasteiger partial charge < -0.3 is 20.1 Å². The molecule has 1 aliphatic heterocycles. The minimum absolute atomic E-state index is 0.189. The third kappa shape index (κ3) is 2.78. The lowest BCUT2D eigenvalue weighted by atomic mass is 9.78. The van der Waals surface area contributed by atoms with Crippen molar-refractivity contribution in [2.75, 3.05) is 32.2 Å². The lowest BCUT2D eigenvalue weighted by Crippen LogP contribution is -2.52. The van der Waals surface area contributed by atoms with Gasteiger partial charge in [0.2, 0.25) is 0 Å². The molecule has 0 spiro atoms. The van der Waals surface area contributed by atoms with Gasteiger partial charge in [-0.05, 0) is 24.0 Å². The second-order valence-corrected chi connectivity index (χ2v) is 5.83. The van der Waals surface area contributed by atoms with E-state index in [4.69, 9.17) is 15.2 Å². The molecule has 0 aromatic heterocycles. The molecule has 0 bridgehead atoms. The minimum atomic E-state index is 0.189. The van der Waals surface area contributed by atoms with Crippen LogP contribution in [0.1, 0.15) is 20.3 Å². The van der Waals surface area contributed by atoms with Crippen LogP contribution in [0.5, 0.6) is 11.5 Å². The molecule has 1 aliphatic rings. The van der Waals surface area contributed by atoms with Crippen LogP contribution in [0.3, 0.4) is 0 Å². The maximum absolute atomic E-state index is 6.27. The Labute approximate surface area is 115 Å². The standard InChI is InChI=1S/C15H24N2O2/c1-15(2)7-8-17(10-14(15)16)11-5-6-12(18-3)13(9-11)19-4/h5-6,9,14H,7-8,10,16H2,1-4H3. The normalized spacial score (nSPS) is 22.2. The highest BCUT2D eigenvalue weighted by molar-refractivity contribution is 5.56. The third-order valence-electron chi connectivity index (χ3n) is 4.18. The van der Waals surface area contributed by atoms with Gasteiger partial charge in [-0.2, -0.15) is 0 Å². The lowest BCUT2D eigenvalue weighted by molar-refractivity contribution is 0.235. The summed E-state index contributed by atoms with van der Waals surface area (Å²) in [4.78, 5) is 2.32. The van der Waals surface area contributed by atoms with Crippen molar-refractivity contribution in [3.63, 3.8) is 0 Å². The van der Waals surface area contributed by atoms with Crippen molar-refractivity contribution in [3.05, 3.63) is 18.2 Å². The Kier molecular flexibility index (Phi) is 3.90. The summed E-state index contributed by atoms with van der Waals surface area (Å²) in [6, 6.07) is 6.21. The average molecular weight is 264 g/mol. The van der Waals surface area contributed by atoms with Gasteiger partial charge in [-0.1, -0.05) is 13.8 Å². The van der Waals surface area contributed by atoms with Crippen molar-refractivity contribution in [2.24, 2.45) is 11.1 Å². The number of methoxy groups -OCH3 is 2. The predicted octanol–water partition coefficient (Wildman–Crippen LogP) is 2.27. The molecule has 1 aromatic carbocycles. The summed E-state index contributed by atoms with van der Waals surface area (Å²) in [5.41, 5.74) is 7.63. The molecule has 0 aliphatic carbocycles. The van der Waals surface area contributed by atoms with Gasteiger partial charge in [-0.3, -0.25) is 0 Å². The molecular weight excluding hydrogens is 240 g/mol. The monoisotopic (exact) mass is 264 g/mol. The number of rotatable bonds is 3. The van der Waals surface area contributed by atoms with E-state index in [-0.39, 0.29) is 11.5 Å². The van der Waals surface area contributed by atoms with Crippen molar-refractivity contribution < 1.29 is 9.47 Å². The molecule has 1 fully saturated rings. The van der Waals surface area contributed by atoms with Gasteiger partial charge in [-0.25, -0.2) is 0 Å². The predicted molar refractivity (Wildman–Crippen MR) is 78.1 cm³/mol. The SMILES string of the molecule is COc1ccc(N2CCC(C)(C)C(N)C2)cc1OC. The maximum atomic E-state index is 6.27. The van der Waals surface area contributed by atoms with Crippen LogP contribution in [-0.2, 0) is 0 Å². The highest BCUT2D eigenvalue weighted by Gasteiger charge is 2.33. The van der Waals surface area contributed by atoms with Gasteiger partial charge in [0.05, 0.1) is 14.2 Å². The molecule has 106 valence electrons. The third-order valence-corrected chi connectivity index (χ3v) is 4.18. The fraction of sp³-hybridized carbons (Fsp3) is 0.600. The second kappa shape index (κ2) is 5.29. The van der Waals surface area contributed by atoms with Crippen LogP contribution in [0.25, 0.3) is 0 Å². The van der Waals surface area contributed by atoms with Crippen LogP contribution in [0.4, 0.5) is 5.69 Å². The number of hydrogen-bond acceptors (Lipinski definition) is 4. The van der Waals surface area contributed by atoms with E-state index in [0.717, 1.165) is 36.7 Å². The highest BCUT2D eigenvalue weighted by Crippen LogP contribution is 2.35. The van der Waals surface area contributed by atoms with E-state index >= 15 is 0 Å². The van der Waals surface area contributed by atoms with Gasteiger partial charge >= 0.3 is 0 Å².